The predicted molar refractivity (Wildman–Crippen MR) is 68.7 cm³/mol. The SMILES string of the molecule is CCOC(=O)[C@H](CC(C)C)NC(=O)O[C@H]1CCOC1. The Labute approximate surface area is 113 Å². The van der Waals surface area contributed by atoms with Crippen molar-refractivity contribution in [3.63, 3.8) is 0 Å². The van der Waals surface area contributed by atoms with E-state index in [0.717, 1.165) is 0 Å². The standard InChI is InChI=1S/C13H23NO5/c1-4-18-12(15)11(7-9(2)3)14-13(16)19-10-5-6-17-8-10/h9-11H,4-8H2,1-3H3,(H,14,16)/t10-,11-/m0/s1. The molecule has 1 aliphatic rings. The number of hydrogen-bond acceptors (Lipinski definition) is 5. The van der Waals surface area contributed by atoms with Crippen LogP contribution < -0.4 is 5.32 Å². The molecule has 0 aromatic heterocycles. The van der Waals surface area contributed by atoms with Crippen molar-refractivity contribution < 1.29 is 23.8 Å². The van der Waals surface area contributed by atoms with Gasteiger partial charge in [-0.3, -0.25) is 0 Å². The van der Waals surface area contributed by atoms with Crippen LogP contribution in [0, 0.1) is 5.92 Å². The Morgan fingerprint density at radius 3 is 2.68 bits per heavy atom. The van der Waals surface area contributed by atoms with E-state index in [-0.39, 0.29) is 12.0 Å². The van der Waals surface area contributed by atoms with Gasteiger partial charge in [0.25, 0.3) is 0 Å². The van der Waals surface area contributed by atoms with Crippen molar-refractivity contribution in [2.24, 2.45) is 5.92 Å². The van der Waals surface area contributed by atoms with Crippen molar-refractivity contribution >= 4 is 12.1 Å². The van der Waals surface area contributed by atoms with Gasteiger partial charge in [0.1, 0.15) is 12.1 Å². The Morgan fingerprint density at radius 2 is 2.16 bits per heavy atom. The first-order valence-electron chi connectivity index (χ1n) is 6.74. The van der Waals surface area contributed by atoms with Crippen LogP contribution in [0.1, 0.15) is 33.6 Å². The van der Waals surface area contributed by atoms with Gasteiger partial charge in [-0.15, -0.1) is 0 Å². The summed E-state index contributed by atoms with van der Waals surface area (Å²) >= 11 is 0. The van der Waals surface area contributed by atoms with Crippen molar-refractivity contribution in [1.29, 1.82) is 0 Å². The molecular weight excluding hydrogens is 250 g/mol. The highest BCUT2D eigenvalue weighted by Gasteiger charge is 2.26. The summed E-state index contributed by atoms with van der Waals surface area (Å²) in [5.41, 5.74) is 0. The lowest BCUT2D eigenvalue weighted by molar-refractivity contribution is -0.146. The number of carbonyl (C=O) groups excluding carboxylic acids is 2. The van der Waals surface area contributed by atoms with Crippen LogP contribution in [0.5, 0.6) is 0 Å². The predicted octanol–water partition coefficient (Wildman–Crippen LogP) is 1.48. The molecular formula is C13H23NO5. The molecule has 1 rings (SSSR count). The van der Waals surface area contributed by atoms with E-state index in [2.05, 4.69) is 5.32 Å². The van der Waals surface area contributed by atoms with Crippen molar-refractivity contribution in [2.45, 2.75) is 45.8 Å². The topological polar surface area (TPSA) is 73.9 Å². The molecule has 110 valence electrons. The van der Waals surface area contributed by atoms with E-state index >= 15 is 0 Å². The second-order valence-electron chi connectivity index (χ2n) is 4.97. The van der Waals surface area contributed by atoms with Crippen LogP contribution >= 0.6 is 0 Å². The molecule has 1 amide bonds. The van der Waals surface area contributed by atoms with Crippen LogP contribution in [0.25, 0.3) is 0 Å². The maximum atomic E-state index is 11.7. The van der Waals surface area contributed by atoms with Gasteiger partial charge in [-0.2, -0.15) is 0 Å². The Hall–Kier alpha value is -1.30. The Kier molecular flexibility index (Phi) is 6.62. The van der Waals surface area contributed by atoms with Crippen molar-refractivity contribution in [1.82, 2.24) is 5.32 Å². The van der Waals surface area contributed by atoms with Crippen LogP contribution in [-0.4, -0.2) is 44.0 Å². The fourth-order valence-electron chi connectivity index (χ4n) is 1.86. The van der Waals surface area contributed by atoms with Gasteiger partial charge >= 0.3 is 12.1 Å². The molecule has 6 nitrogen and oxygen atoms in total. The van der Waals surface area contributed by atoms with Crippen LogP contribution in [0.2, 0.25) is 0 Å². The van der Waals surface area contributed by atoms with Gasteiger partial charge in [0.05, 0.1) is 19.8 Å². The van der Waals surface area contributed by atoms with E-state index in [1.54, 1.807) is 6.92 Å². The summed E-state index contributed by atoms with van der Waals surface area (Å²) in [4.78, 5) is 23.4. The molecule has 0 radical (unpaired) electrons. The largest absolute Gasteiger partial charge is 0.464 e. The quantitative estimate of drug-likeness (QED) is 0.742. The maximum absolute atomic E-state index is 11.7. The highest BCUT2D eigenvalue weighted by molar-refractivity contribution is 5.81. The molecule has 0 aromatic rings. The lowest BCUT2D eigenvalue weighted by Crippen LogP contribution is -2.44. The summed E-state index contributed by atoms with van der Waals surface area (Å²) in [5.74, 6) is -0.152. The zero-order chi connectivity index (χ0) is 14.3. The van der Waals surface area contributed by atoms with Gasteiger partial charge in [0.15, 0.2) is 0 Å². The summed E-state index contributed by atoms with van der Waals surface area (Å²) in [7, 11) is 0. The first-order valence-corrected chi connectivity index (χ1v) is 6.74. The Morgan fingerprint density at radius 1 is 1.42 bits per heavy atom. The summed E-state index contributed by atoms with van der Waals surface area (Å²) < 4.78 is 15.2. The average molecular weight is 273 g/mol. The highest BCUT2D eigenvalue weighted by atomic mass is 16.6. The van der Waals surface area contributed by atoms with Gasteiger partial charge in [0, 0.05) is 6.42 Å². The molecule has 0 saturated carbocycles. The number of nitrogens with one attached hydrogen (secondary N) is 1. The number of carbonyl (C=O) groups is 2. The van der Waals surface area contributed by atoms with Gasteiger partial charge in [0.2, 0.25) is 0 Å². The monoisotopic (exact) mass is 273 g/mol. The minimum absolute atomic E-state index is 0.220. The molecule has 19 heavy (non-hydrogen) atoms. The first kappa shape index (κ1) is 15.8. The third-order valence-electron chi connectivity index (χ3n) is 2.73. The number of amides is 1. The van der Waals surface area contributed by atoms with Crippen molar-refractivity contribution in [2.75, 3.05) is 19.8 Å². The summed E-state index contributed by atoms with van der Waals surface area (Å²) in [5, 5.41) is 2.57. The zero-order valence-electron chi connectivity index (χ0n) is 11.8. The highest BCUT2D eigenvalue weighted by Crippen LogP contribution is 2.10. The summed E-state index contributed by atoms with van der Waals surface area (Å²) in [6, 6.07) is -0.658. The van der Waals surface area contributed by atoms with Crippen LogP contribution in [0.15, 0.2) is 0 Å². The molecule has 1 N–H and O–H groups in total. The third-order valence-corrected chi connectivity index (χ3v) is 2.73. The number of hydrogen-bond donors (Lipinski definition) is 1. The van der Waals surface area contributed by atoms with E-state index in [9.17, 15) is 9.59 Å². The Balaban J connectivity index is 2.45. The minimum atomic E-state index is -0.658. The molecule has 1 fully saturated rings. The second kappa shape index (κ2) is 7.99. The van der Waals surface area contributed by atoms with Crippen LogP contribution in [0.4, 0.5) is 4.79 Å². The van der Waals surface area contributed by atoms with Gasteiger partial charge < -0.3 is 19.5 Å². The molecule has 0 aromatic carbocycles. The van der Waals surface area contributed by atoms with E-state index in [1.807, 2.05) is 13.8 Å². The molecule has 0 bridgehead atoms. The zero-order valence-corrected chi connectivity index (χ0v) is 11.8. The fraction of sp³-hybridized carbons (Fsp3) is 0.846. The molecule has 2 atom stereocenters. The lowest BCUT2D eigenvalue weighted by Gasteiger charge is -2.20. The van der Waals surface area contributed by atoms with Crippen LogP contribution in [0.3, 0.4) is 0 Å². The molecule has 1 saturated heterocycles. The lowest BCUT2D eigenvalue weighted by atomic mass is 10.0. The molecule has 1 heterocycles. The number of ether oxygens (including phenoxy) is 3. The third kappa shape index (κ3) is 5.92. The summed E-state index contributed by atoms with van der Waals surface area (Å²) in [6.45, 7) is 7.00. The minimum Gasteiger partial charge on any atom is -0.464 e. The maximum Gasteiger partial charge on any atom is 0.408 e. The normalized spacial score (nSPS) is 20.1. The van der Waals surface area contributed by atoms with E-state index in [0.29, 0.717) is 32.7 Å². The van der Waals surface area contributed by atoms with E-state index < -0.39 is 18.1 Å². The van der Waals surface area contributed by atoms with E-state index in [4.69, 9.17) is 14.2 Å². The van der Waals surface area contributed by atoms with E-state index in [1.165, 1.54) is 0 Å². The van der Waals surface area contributed by atoms with Gasteiger partial charge in [-0.1, -0.05) is 13.8 Å². The number of alkyl carbamates (subject to hydrolysis) is 1. The average Bonchev–Trinajstić information content (AvgIpc) is 2.80. The molecule has 0 aliphatic carbocycles. The smallest absolute Gasteiger partial charge is 0.408 e. The van der Waals surface area contributed by atoms with Crippen LogP contribution in [-0.2, 0) is 19.0 Å². The first-order chi connectivity index (χ1) is 9.02. The summed E-state index contributed by atoms with van der Waals surface area (Å²) in [6.07, 6.45) is 0.410. The molecule has 1 aliphatic heterocycles. The van der Waals surface area contributed by atoms with Gasteiger partial charge in [-0.25, -0.2) is 9.59 Å². The number of esters is 1. The number of rotatable bonds is 6. The molecule has 0 spiro atoms. The Bertz CT molecular complexity index is 299. The molecule has 0 unspecified atom stereocenters. The fourth-order valence-corrected chi connectivity index (χ4v) is 1.86. The molecule has 6 heteroatoms. The second-order valence-corrected chi connectivity index (χ2v) is 4.97. The van der Waals surface area contributed by atoms with Crippen molar-refractivity contribution in [3.8, 4) is 0 Å². The van der Waals surface area contributed by atoms with Gasteiger partial charge in [-0.05, 0) is 19.3 Å². The van der Waals surface area contributed by atoms with Crippen molar-refractivity contribution in [3.05, 3.63) is 0 Å².